The van der Waals surface area contributed by atoms with Gasteiger partial charge in [-0.3, -0.25) is 0 Å². The molecule has 0 aliphatic carbocycles. The van der Waals surface area contributed by atoms with E-state index in [9.17, 15) is 8.78 Å². The predicted molar refractivity (Wildman–Crippen MR) is 72.9 cm³/mol. The molecule has 1 nitrogen and oxygen atoms in total. The first-order valence-corrected chi connectivity index (χ1v) is 7.51. The first-order chi connectivity index (χ1) is 8.65. The van der Waals surface area contributed by atoms with Crippen LogP contribution in [0.25, 0.3) is 0 Å². The summed E-state index contributed by atoms with van der Waals surface area (Å²) < 4.78 is 26.2. The van der Waals surface area contributed by atoms with E-state index in [1.165, 1.54) is 37.1 Å². The van der Waals surface area contributed by atoms with Crippen LogP contribution in [0.15, 0.2) is 18.2 Å². The molecule has 0 amide bonds. The summed E-state index contributed by atoms with van der Waals surface area (Å²) in [4.78, 5) is 0. The molecule has 2 unspecified atom stereocenters. The Morgan fingerprint density at radius 3 is 2.61 bits per heavy atom. The van der Waals surface area contributed by atoms with Crippen LogP contribution in [0.2, 0.25) is 0 Å². The zero-order valence-electron chi connectivity index (χ0n) is 10.6. The standard InChI is InChI=1S/C14H19F2NS/c1-10(11-6-12(15)8-13(16)7-11)17-9-14-4-2-3-5-18-14/h6-8,10,14,17H,2-5,9H2,1H3. The Morgan fingerprint density at radius 2 is 2.00 bits per heavy atom. The highest BCUT2D eigenvalue weighted by Crippen LogP contribution is 2.25. The maximum Gasteiger partial charge on any atom is 0.126 e. The van der Waals surface area contributed by atoms with Gasteiger partial charge in [0.1, 0.15) is 11.6 Å². The second-order valence-electron chi connectivity index (χ2n) is 4.82. The number of nitrogens with one attached hydrogen (secondary N) is 1. The van der Waals surface area contributed by atoms with Crippen LogP contribution >= 0.6 is 11.8 Å². The minimum Gasteiger partial charge on any atom is -0.309 e. The molecular weight excluding hydrogens is 252 g/mol. The van der Waals surface area contributed by atoms with Crippen LogP contribution in [0.5, 0.6) is 0 Å². The molecule has 100 valence electrons. The molecule has 2 atom stereocenters. The summed E-state index contributed by atoms with van der Waals surface area (Å²) in [6.07, 6.45) is 3.84. The normalized spacial score (nSPS) is 21.8. The van der Waals surface area contributed by atoms with Crippen molar-refractivity contribution >= 4 is 11.8 Å². The van der Waals surface area contributed by atoms with Crippen LogP contribution in [0.1, 0.15) is 37.8 Å². The molecule has 0 aromatic heterocycles. The number of rotatable bonds is 4. The monoisotopic (exact) mass is 271 g/mol. The van der Waals surface area contributed by atoms with E-state index in [-0.39, 0.29) is 6.04 Å². The van der Waals surface area contributed by atoms with Gasteiger partial charge < -0.3 is 5.32 Å². The van der Waals surface area contributed by atoms with Crippen LogP contribution in [0.3, 0.4) is 0 Å². The third-order valence-corrected chi connectivity index (χ3v) is 4.71. The van der Waals surface area contributed by atoms with Gasteiger partial charge in [-0.15, -0.1) is 0 Å². The van der Waals surface area contributed by atoms with Crippen molar-refractivity contribution in [2.75, 3.05) is 12.3 Å². The molecule has 1 aliphatic heterocycles. The molecule has 0 saturated carbocycles. The predicted octanol–water partition coefficient (Wildman–Crippen LogP) is 3.90. The van der Waals surface area contributed by atoms with Gasteiger partial charge in [-0.05, 0) is 43.2 Å². The van der Waals surface area contributed by atoms with Crippen LogP contribution < -0.4 is 5.32 Å². The number of hydrogen-bond acceptors (Lipinski definition) is 2. The molecule has 1 aromatic carbocycles. The molecule has 4 heteroatoms. The van der Waals surface area contributed by atoms with Gasteiger partial charge in [-0.1, -0.05) is 6.42 Å². The molecular formula is C14H19F2NS. The van der Waals surface area contributed by atoms with E-state index in [2.05, 4.69) is 5.32 Å². The van der Waals surface area contributed by atoms with Crippen molar-refractivity contribution in [3.63, 3.8) is 0 Å². The Labute approximate surface area is 111 Å². The van der Waals surface area contributed by atoms with Gasteiger partial charge in [0.25, 0.3) is 0 Å². The first kappa shape index (κ1) is 13.8. The van der Waals surface area contributed by atoms with Gasteiger partial charge >= 0.3 is 0 Å². The van der Waals surface area contributed by atoms with Crippen LogP contribution in [0, 0.1) is 11.6 Å². The fourth-order valence-electron chi connectivity index (χ4n) is 2.22. The van der Waals surface area contributed by atoms with Gasteiger partial charge in [0.15, 0.2) is 0 Å². The Kier molecular flexibility index (Phi) is 5.01. The van der Waals surface area contributed by atoms with Crippen molar-refractivity contribution < 1.29 is 8.78 Å². The van der Waals surface area contributed by atoms with Crippen molar-refractivity contribution in [1.82, 2.24) is 5.32 Å². The van der Waals surface area contributed by atoms with E-state index in [0.29, 0.717) is 10.8 Å². The zero-order valence-corrected chi connectivity index (χ0v) is 11.4. The highest BCUT2D eigenvalue weighted by Gasteiger charge is 2.15. The number of benzene rings is 1. The van der Waals surface area contributed by atoms with E-state index in [4.69, 9.17) is 0 Å². The lowest BCUT2D eigenvalue weighted by Crippen LogP contribution is -2.29. The molecule has 0 bridgehead atoms. The number of thioether (sulfide) groups is 1. The zero-order chi connectivity index (χ0) is 13.0. The molecule has 1 fully saturated rings. The molecule has 1 heterocycles. The van der Waals surface area contributed by atoms with Gasteiger partial charge in [-0.2, -0.15) is 11.8 Å². The van der Waals surface area contributed by atoms with Crippen LogP contribution in [0.4, 0.5) is 8.78 Å². The summed E-state index contributed by atoms with van der Waals surface area (Å²) in [5, 5.41) is 4.01. The highest BCUT2D eigenvalue weighted by atomic mass is 32.2. The van der Waals surface area contributed by atoms with Gasteiger partial charge in [0.2, 0.25) is 0 Å². The van der Waals surface area contributed by atoms with E-state index in [1.54, 1.807) is 0 Å². The topological polar surface area (TPSA) is 12.0 Å². The van der Waals surface area contributed by atoms with Crippen molar-refractivity contribution in [3.05, 3.63) is 35.4 Å². The average Bonchev–Trinajstić information content (AvgIpc) is 2.36. The second kappa shape index (κ2) is 6.53. The first-order valence-electron chi connectivity index (χ1n) is 6.46. The number of halogens is 2. The molecule has 1 aliphatic rings. The van der Waals surface area contributed by atoms with E-state index < -0.39 is 11.6 Å². The minimum absolute atomic E-state index is 0.0160. The molecule has 0 spiro atoms. The number of hydrogen-bond donors (Lipinski definition) is 1. The quantitative estimate of drug-likeness (QED) is 0.891. The SMILES string of the molecule is CC(NCC1CCCCS1)c1cc(F)cc(F)c1. The summed E-state index contributed by atoms with van der Waals surface area (Å²) in [6, 6.07) is 3.69. The van der Waals surface area contributed by atoms with Crippen LogP contribution in [-0.4, -0.2) is 17.5 Å². The third-order valence-electron chi connectivity index (χ3n) is 3.31. The molecule has 0 radical (unpaired) electrons. The van der Waals surface area contributed by atoms with Gasteiger partial charge in [0.05, 0.1) is 0 Å². The largest absolute Gasteiger partial charge is 0.309 e. The Hall–Kier alpha value is -0.610. The molecule has 18 heavy (non-hydrogen) atoms. The molecule has 2 rings (SSSR count). The average molecular weight is 271 g/mol. The second-order valence-corrected chi connectivity index (χ2v) is 6.23. The smallest absolute Gasteiger partial charge is 0.126 e. The highest BCUT2D eigenvalue weighted by molar-refractivity contribution is 7.99. The summed E-state index contributed by atoms with van der Waals surface area (Å²) in [6.45, 7) is 2.85. The summed E-state index contributed by atoms with van der Waals surface area (Å²) >= 11 is 2.00. The Bertz CT molecular complexity index is 371. The maximum atomic E-state index is 13.1. The van der Waals surface area contributed by atoms with Crippen LogP contribution in [-0.2, 0) is 0 Å². The lowest BCUT2D eigenvalue weighted by molar-refractivity contribution is 0.526. The minimum atomic E-state index is -0.509. The Balaban J connectivity index is 1.88. The summed E-state index contributed by atoms with van der Waals surface area (Å²) in [5.41, 5.74) is 0.674. The van der Waals surface area contributed by atoms with Crippen molar-refractivity contribution in [3.8, 4) is 0 Å². The molecule has 1 N–H and O–H groups in total. The summed E-state index contributed by atoms with van der Waals surface area (Å²) in [5.74, 6) is 0.214. The van der Waals surface area contributed by atoms with E-state index in [1.807, 2.05) is 18.7 Å². The maximum absolute atomic E-state index is 13.1. The fourth-order valence-corrected chi connectivity index (χ4v) is 3.47. The molecule has 1 saturated heterocycles. The fraction of sp³-hybridized carbons (Fsp3) is 0.571. The van der Waals surface area contributed by atoms with Crippen molar-refractivity contribution in [1.29, 1.82) is 0 Å². The summed E-state index contributed by atoms with van der Waals surface area (Å²) in [7, 11) is 0. The lowest BCUT2D eigenvalue weighted by Gasteiger charge is -2.24. The van der Waals surface area contributed by atoms with Gasteiger partial charge in [0, 0.05) is 23.9 Å². The third kappa shape index (κ3) is 3.95. The van der Waals surface area contributed by atoms with Crippen molar-refractivity contribution in [2.24, 2.45) is 0 Å². The Morgan fingerprint density at radius 1 is 1.28 bits per heavy atom. The van der Waals surface area contributed by atoms with E-state index >= 15 is 0 Å². The lowest BCUT2D eigenvalue weighted by atomic mass is 10.1. The van der Waals surface area contributed by atoms with E-state index in [0.717, 1.165) is 12.6 Å². The van der Waals surface area contributed by atoms with Gasteiger partial charge in [-0.25, -0.2) is 8.78 Å². The van der Waals surface area contributed by atoms with Crippen molar-refractivity contribution in [2.45, 2.75) is 37.5 Å². The molecule has 1 aromatic rings.